The summed E-state index contributed by atoms with van der Waals surface area (Å²) in [5, 5.41) is 2.05. The van der Waals surface area contributed by atoms with Crippen LogP contribution < -0.4 is 14.5 Å². The molecule has 7 heteroatoms. The van der Waals surface area contributed by atoms with Crippen LogP contribution in [0.5, 0.6) is 5.75 Å². The Balaban J connectivity index is 1.11. The highest BCUT2D eigenvalue weighted by molar-refractivity contribution is 5.95. The number of pyridine rings is 2. The molecule has 0 unspecified atom stereocenters. The molecule has 0 radical (unpaired) electrons. The number of aromatic nitrogens is 2. The smallest absolute Gasteiger partial charge is 0.213 e. The maximum absolute atomic E-state index is 13.8. The lowest BCUT2D eigenvalue weighted by molar-refractivity contribution is 0.160. The average molecular weight is 472 g/mol. The molecule has 0 spiro atoms. The van der Waals surface area contributed by atoms with E-state index in [1.165, 1.54) is 11.8 Å². The lowest BCUT2D eigenvalue weighted by atomic mass is 10.0. The molecule has 2 saturated heterocycles. The molecule has 0 amide bonds. The third-order valence-electron chi connectivity index (χ3n) is 7.57. The number of halogens is 1. The van der Waals surface area contributed by atoms with Crippen molar-refractivity contribution in [3.8, 4) is 5.75 Å². The zero-order valence-corrected chi connectivity index (χ0v) is 20.0. The summed E-state index contributed by atoms with van der Waals surface area (Å²) >= 11 is 0. The van der Waals surface area contributed by atoms with E-state index in [1.54, 1.807) is 7.11 Å². The van der Waals surface area contributed by atoms with E-state index in [2.05, 4.69) is 48.9 Å². The Kier molecular flexibility index (Phi) is 5.86. The number of piperidine rings is 1. The molecule has 6 rings (SSSR count). The van der Waals surface area contributed by atoms with Crippen LogP contribution in [0.25, 0.3) is 21.8 Å². The van der Waals surface area contributed by atoms with Crippen LogP contribution in [0.2, 0.25) is 0 Å². The van der Waals surface area contributed by atoms with Crippen molar-refractivity contribution in [1.82, 2.24) is 14.9 Å². The fourth-order valence-electron chi connectivity index (χ4n) is 5.73. The molecule has 2 aromatic heterocycles. The molecule has 35 heavy (non-hydrogen) atoms. The van der Waals surface area contributed by atoms with E-state index in [4.69, 9.17) is 4.74 Å². The number of anilines is 2. The largest absolute Gasteiger partial charge is 0.496 e. The second-order valence-corrected chi connectivity index (χ2v) is 9.41. The van der Waals surface area contributed by atoms with E-state index in [-0.39, 0.29) is 0 Å². The van der Waals surface area contributed by atoms with Crippen molar-refractivity contribution in [3.63, 3.8) is 0 Å². The van der Waals surface area contributed by atoms with Crippen LogP contribution in [0.3, 0.4) is 0 Å². The van der Waals surface area contributed by atoms with Gasteiger partial charge in [0.15, 0.2) is 0 Å². The van der Waals surface area contributed by atoms with Crippen LogP contribution in [-0.4, -0.2) is 67.3 Å². The zero-order valence-electron chi connectivity index (χ0n) is 20.0. The van der Waals surface area contributed by atoms with Gasteiger partial charge in [-0.2, -0.15) is 4.39 Å². The number of ether oxygens (including phenoxy) is 1. The monoisotopic (exact) mass is 471 g/mol. The number of rotatable bonds is 4. The first-order chi connectivity index (χ1) is 17.2. The molecule has 4 heterocycles. The molecule has 2 aliphatic rings. The van der Waals surface area contributed by atoms with Crippen LogP contribution in [-0.2, 0) is 0 Å². The Morgan fingerprint density at radius 2 is 1.51 bits per heavy atom. The van der Waals surface area contributed by atoms with E-state index < -0.39 is 5.95 Å². The second kappa shape index (κ2) is 9.30. The molecule has 6 nitrogen and oxygen atoms in total. The lowest BCUT2D eigenvalue weighted by Gasteiger charge is -2.44. The highest BCUT2D eigenvalue weighted by Crippen LogP contribution is 2.33. The Labute approximate surface area is 204 Å². The van der Waals surface area contributed by atoms with Crippen molar-refractivity contribution in [2.45, 2.75) is 18.9 Å². The summed E-state index contributed by atoms with van der Waals surface area (Å²) < 4.78 is 19.4. The van der Waals surface area contributed by atoms with Crippen LogP contribution in [0.4, 0.5) is 15.8 Å². The van der Waals surface area contributed by atoms with Gasteiger partial charge < -0.3 is 14.5 Å². The van der Waals surface area contributed by atoms with Gasteiger partial charge in [-0.1, -0.05) is 18.2 Å². The van der Waals surface area contributed by atoms with E-state index in [1.807, 2.05) is 30.5 Å². The highest BCUT2D eigenvalue weighted by Gasteiger charge is 2.29. The molecular weight excluding hydrogens is 441 g/mol. The first kappa shape index (κ1) is 22.0. The number of para-hydroxylation sites is 2. The summed E-state index contributed by atoms with van der Waals surface area (Å²) in [4.78, 5) is 16.3. The summed E-state index contributed by atoms with van der Waals surface area (Å²) in [6.07, 6.45) is 4.05. The van der Waals surface area contributed by atoms with Crippen molar-refractivity contribution in [2.24, 2.45) is 0 Å². The predicted molar refractivity (Wildman–Crippen MR) is 139 cm³/mol. The molecule has 180 valence electrons. The van der Waals surface area contributed by atoms with Gasteiger partial charge in [-0.25, -0.2) is 4.98 Å². The normalized spacial score (nSPS) is 17.9. The van der Waals surface area contributed by atoms with Crippen LogP contribution in [0.15, 0.2) is 60.8 Å². The van der Waals surface area contributed by atoms with Gasteiger partial charge in [0.1, 0.15) is 5.75 Å². The molecule has 2 aromatic carbocycles. The van der Waals surface area contributed by atoms with E-state index in [0.29, 0.717) is 6.04 Å². The first-order valence-electron chi connectivity index (χ1n) is 12.4. The van der Waals surface area contributed by atoms with Gasteiger partial charge in [0, 0.05) is 62.3 Å². The minimum Gasteiger partial charge on any atom is -0.496 e. The minimum absolute atomic E-state index is 0.419. The topological polar surface area (TPSA) is 44.7 Å². The molecule has 0 N–H and O–H groups in total. The molecule has 0 bridgehead atoms. The number of hydrogen-bond donors (Lipinski definition) is 0. The third kappa shape index (κ3) is 4.14. The molecule has 4 aromatic rings. The number of piperazine rings is 1. The van der Waals surface area contributed by atoms with Crippen LogP contribution in [0, 0.1) is 5.95 Å². The minimum atomic E-state index is -0.419. The quantitative estimate of drug-likeness (QED) is 0.401. The Morgan fingerprint density at radius 1 is 0.800 bits per heavy atom. The van der Waals surface area contributed by atoms with Crippen molar-refractivity contribution >= 4 is 33.2 Å². The fraction of sp³-hybridized carbons (Fsp3) is 0.357. The van der Waals surface area contributed by atoms with Gasteiger partial charge in [-0.15, -0.1) is 0 Å². The van der Waals surface area contributed by atoms with Crippen molar-refractivity contribution < 1.29 is 9.13 Å². The number of benzene rings is 2. The summed E-state index contributed by atoms with van der Waals surface area (Å²) in [6, 6.07) is 18.2. The molecule has 0 aliphatic carbocycles. The Bertz CT molecular complexity index is 1350. The highest BCUT2D eigenvalue weighted by atomic mass is 19.1. The van der Waals surface area contributed by atoms with E-state index in [9.17, 15) is 4.39 Å². The Hall–Kier alpha value is -3.45. The molecule has 0 atom stereocenters. The number of methoxy groups -OCH3 is 1. The molecule has 0 saturated carbocycles. The summed E-state index contributed by atoms with van der Waals surface area (Å²) in [7, 11) is 1.71. The van der Waals surface area contributed by atoms with Crippen molar-refractivity contribution in [1.29, 1.82) is 0 Å². The Morgan fingerprint density at radius 3 is 2.29 bits per heavy atom. The van der Waals surface area contributed by atoms with E-state index >= 15 is 0 Å². The number of nitrogens with zero attached hydrogens (tertiary/aromatic N) is 5. The SMILES string of the molecule is COc1ccnc2c(N3CCN(C4CCN(c5cccc6ccc(F)nc56)CC4)CC3)cccc12. The summed E-state index contributed by atoms with van der Waals surface area (Å²) in [5.74, 6) is 0.448. The third-order valence-corrected chi connectivity index (χ3v) is 7.57. The van der Waals surface area contributed by atoms with Gasteiger partial charge in [0.2, 0.25) is 5.95 Å². The van der Waals surface area contributed by atoms with Gasteiger partial charge in [0.25, 0.3) is 0 Å². The molecule has 2 fully saturated rings. The number of fused-ring (bicyclic) bond motifs is 2. The standard InChI is InChI=1S/C28H30FN5O/c1-35-25-10-13-30-28-22(25)5-3-7-24(28)34-18-16-32(17-19-34)21-11-14-33(15-12-21)23-6-2-4-20-8-9-26(29)31-27(20)23/h2-10,13,21H,11-12,14-19H2,1H3. The number of hydrogen-bond acceptors (Lipinski definition) is 6. The average Bonchev–Trinajstić information content (AvgIpc) is 2.92. The molecule has 2 aliphatic heterocycles. The first-order valence-corrected chi connectivity index (χ1v) is 12.4. The summed E-state index contributed by atoms with van der Waals surface area (Å²) in [6.45, 7) is 6.01. The van der Waals surface area contributed by atoms with Gasteiger partial charge in [-0.3, -0.25) is 9.88 Å². The van der Waals surface area contributed by atoms with Gasteiger partial charge >= 0.3 is 0 Å². The molecular formula is C28H30FN5O. The van der Waals surface area contributed by atoms with Crippen LogP contribution in [0.1, 0.15) is 12.8 Å². The zero-order chi connectivity index (χ0) is 23.8. The van der Waals surface area contributed by atoms with Crippen molar-refractivity contribution in [2.75, 3.05) is 56.2 Å². The second-order valence-electron chi connectivity index (χ2n) is 9.41. The van der Waals surface area contributed by atoms with Crippen LogP contribution >= 0.6 is 0 Å². The maximum atomic E-state index is 13.8. The van der Waals surface area contributed by atoms with Gasteiger partial charge in [0.05, 0.1) is 29.5 Å². The van der Waals surface area contributed by atoms with Gasteiger partial charge in [-0.05, 0) is 49.2 Å². The van der Waals surface area contributed by atoms with E-state index in [0.717, 1.165) is 85.4 Å². The van der Waals surface area contributed by atoms with Crippen molar-refractivity contribution in [3.05, 3.63) is 66.7 Å². The summed E-state index contributed by atoms with van der Waals surface area (Å²) in [5.41, 5.74) is 4.00. The fourth-order valence-corrected chi connectivity index (χ4v) is 5.73. The predicted octanol–water partition coefficient (Wildman–Crippen LogP) is 4.72. The maximum Gasteiger partial charge on any atom is 0.213 e. The lowest BCUT2D eigenvalue weighted by Crippen LogP contribution is -2.53.